The molecule has 8 heteroatoms. The third-order valence-electron chi connectivity index (χ3n) is 7.47. The molecule has 1 saturated heterocycles. The highest BCUT2D eigenvalue weighted by Crippen LogP contribution is 2.68. The number of hydrogen-bond acceptors (Lipinski definition) is 6. The van der Waals surface area contributed by atoms with Gasteiger partial charge in [-0.05, 0) is 69.1 Å². The number of nitrogens with zero attached hydrogens (tertiary/aromatic N) is 1. The van der Waals surface area contributed by atoms with Crippen LogP contribution in [-0.2, 0) is 14.6 Å². The summed E-state index contributed by atoms with van der Waals surface area (Å²) in [4.78, 5) is 15.0. The summed E-state index contributed by atoms with van der Waals surface area (Å²) in [6.07, 6.45) is 2.38. The summed E-state index contributed by atoms with van der Waals surface area (Å²) in [7, 11) is -2.04. The molecule has 2 aromatic rings. The van der Waals surface area contributed by atoms with E-state index in [0.717, 1.165) is 12.8 Å². The van der Waals surface area contributed by atoms with E-state index in [1.54, 1.807) is 17.6 Å². The molecule has 1 spiro atoms. The summed E-state index contributed by atoms with van der Waals surface area (Å²) in [5.74, 6) is 0.314. The Morgan fingerprint density at radius 3 is 2.33 bits per heavy atom. The van der Waals surface area contributed by atoms with Crippen molar-refractivity contribution in [1.29, 1.82) is 0 Å². The molecular formula is C22H24N2O5S. The molecule has 3 aliphatic rings. The Morgan fingerprint density at radius 1 is 1.10 bits per heavy atom. The van der Waals surface area contributed by atoms with Gasteiger partial charge in [0.2, 0.25) is 0 Å². The molecule has 4 unspecified atom stereocenters. The van der Waals surface area contributed by atoms with Gasteiger partial charge in [-0.3, -0.25) is 14.9 Å². The van der Waals surface area contributed by atoms with Gasteiger partial charge in [0.15, 0.2) is 14.6 Å². The van der Waals surface area contributed by atoms with Crippen molar-refractivity contribution in [3.63, 3.8) is 0 Å². The van der Waals surface area contributed by atoms with Gasteiger partial charge in [-0.1, -0.05) is 18.2 Å². The third-order valence-corrected chi connectivity index (χ3v) is 9.89. The molecule has 1 heterocycles. The average Bonchev–Trinajstić information content (AvgIpc) is 3.12. The van der Waals surface area contributed by atoms with Crippen LogP contribution in [0.15, 0.2) is 59.5 Å². The summed E-state index contributed by atoms with van der Waals surface area (Å²) in [6, 6.07) is 15.7. The van der Waals surface area contributed by atoms with Crippen LogP contribution in [-0.4, -0.2) is 48.3 Å². The number of amides is 1. The van der Waals surface area contributed by atoms with Crippen molar-refractivity contribution in [2.45, 2.75) is 47.4 Å². The minimum atomic E-state index is -4.03. The van der Waals surface area contributed by atoms with Gasteiger partial charge < -0.3 is 4.74 Å². The highest BCUT2D eigenvalue weighted by Gasteiger charge is 2.75. The number of sulfone groups is 1. The van der Waals surface area contributed by atoms with Gasteiger partial charge in [0.25, 0.3) is 5.91 Å². The quantitative estimate of drug-likeness (QED) is 0.562. The van der Waals surface area contributed by atoms with Crippen molar-refractivity contribution < 1.29 is 23.2 Å². The van der Waals surface area contributed by atoms with Crippen molar-refractivity contribution in [3.8, 4) is 11.5 Å². The third kappa shape index (κ3) is 2.44. The smallest absolute Gasteiger partial charge is 0.265 e. The molecule has 5 rings (SSSR count). The van der Waals surface area contributed by atoms with E-state index in [-0.39, 0.29) is 29.2 Å². The Hall–Kier alpha value is -2.42. The zero-order valence-electron chi connectivity index (χ0n) is 16.6. The number of nitrogens with one attached hydrogen (secondary N) is 1. The number of hydrogen-bond donors (Lipinski definition) is 2. The second kappa shape index (κ2) is 6.54. The van der Waals surface area contributed by atoms with Crippen LogP contribution in [0.4, 0.5) is 0 Å². The first-order valence-corrected chi connectivity index (χ1v) is 11.6. The predicted octanol–water partition coefficient (Wildman–Crippen LogP) is 2.75. The minimum absolute atomic E-state index is 0.0454. The Kier molecular flexibility index (Phi) is 4.26. The zero-order valence-corrected chi connectivity index (χ0v) is 17.4. The predicted molar refractivity (Wildman–Crippen MR) is 109 cm³/mol. The van der Waals surface area contributed by atoms with Crippen LogP contribution in [0.3, 0.4) is 0 Å². The topological polar surface area (TPSA) is 95.9 Å². The number of hydroxylamine groups is 1. The SMILES string of the molecule is CN1C2CCC23CC(C(=O)NO)(S(=O)(=O)c2ccc(Oc4ccccc4)cc2)CC13. The highest BCUT2D eigenvalue weighted by molar-refractivity contribution is 7.93. The van der Waals surface area contributed by atoms with E-state index in [4.69, 9.17) is 4.74 Å². The van der Waals surface area contributed by atoms with Gasteiger partial charge in [-0.15, -0.1) is 0 Å². The number of carbonyl (C=O) groups is 1. The maximum absolute atomic E-state index is 13.7. The molecule has 30 heavy (non-hydrogen) atoms. The van der Waals surface area contributed by atoms with E-state index >= 15 is 0 Å². The molecule has 2 aromatic carbocycles. The van der Waals surface area contributed by atoms with Crippen LogP contribution in [0.5, 0.6) is 11.5 Å². The van der Waals surface area contributed by atoms with Crippen LogP contribution < -0.4 is 10.2 Å². The minimum Gasteiger partial charge on any atom is -0.457 e. The van der Waals surface area contributed by atoms with Gasteiger partial charge in [0, 0.05) is 17.5 Å². The van der Waals surface area contributed by atoms with Gasteiger partial charge in [0.05, 0.1) is 4.90 Å². The second-order valence-corrected chi connectivity index (χ2v) is 10.9. The Morgan fingerprint density at radius 2 is 1.77 bits per heavy atom. The fraction of sp³-hybridized carbons (Fsp3) is 0.409. The van der Waals surface area contributed by atoms with E-state index in [9.17, 15) is 18.4 Å². The summed E-state index contributed by atoms with van der Waals surface area (Å²) < 4.78 is 31.5. The lowest BCUT2D eigenvalue weighted by atomic mass is 9.53. The first kappa shape index (κ1) is 19.5. The molecule has 3 fully saturated rings. The molecule has 2 N–H and O–H groups in total. The van der Waals surface area contributed by atoms with Crippen LogP contribution >= 0.6 is 0 Å². The van der Waals surface area contributed by atoms with Gasteiger partial charge in [-0.2, -0.15) is 0 Å². The van der Waals surface area contributed by atoms with Gasteiger partial charge in [-0.25, -0.2) is 13.9 Å². The van der Waals surface area contributed by atoms with Crippen molar-refractivity contribution >= 4 is 15.7 Å². The zero-order chi connectivity index (χ0) is 21.1. The monoisotopic (exact) mass is 428 g/mol. The number of likely N-dealkylation sites (tertiary alicyclic amines) is 1. The number of para-hydroxylation sites is 1. The standard InChI is InChI=1S/C22H24N2O5S/c1-24-18-11-12-21(18)14-22(13-19(21)24,20(25)23-26)30(27,28)17-9-7-16(8-10-17)29-15-5-3-2-4-6-15/h2-10,18-19,26H,11-14H2,1H3,(H,23,25). The Bertz CT molecular complexity index is 1090. The molecule has 0 aromatic heterocycles. The molecule has 7 nitrogen and oxygen atoms in total. The summed E-state index contributed by atoms with van der Waals surface area (Å²) in [6.45, 7) is 0. The van der Waals surface area contributed by atoms with Crippen LogP contribution in [0.1, 0.15) is 25.7 Å². The van der Waals surface area contributed by atoms with Gasteiger partial charge in [0.1, 0.15) is 11.5 Å². The number of benzene rings is 2. The summed E-state index contributed by atoms with van der Waals surface area (Å²) in [5.41, 5.74) is 1.51. The van der Waals surface area contributed by atoms with Crippen LogP contribution in [0.25, 0.3) is 0 Å². The number of ether oxygens (including phenoxy) is 1. The van der Waals surface area contributed by atoms with Crippen molar-refractivity contribution in [1.82, 2.24) is 10.4 Å². The van der Waals surface area contributed by atoms with Crippen molar-refractivity contribution in [2.75, 3.05) is 7.05 Å². The van der Waals surface area contributed by atoms with E-state index in [2.05, 4.69) is 4.90 Å². The fourth-order valence-corrected chi connectivity index (χ4v) is 7.98. The van der Waals surface area contributed by atoms with Gasteiger partial charge >= 0.3 is 0 Å². The van der Waals surface area contributed by atoms with Crippen molar-refractivity contribution in [3.05, 3.63) is 54.6 Å². The fourth-order valence-electron chi connectivity index (χ4n) is 5.91. The van der Waals surface area contributed by atoms with Crippen molar-refractivity contribution in [2.24, 2.45) is 5.41 Å². The molecule has 158 valence electrons. The molecule has 0 bridgehead atoms. The van der Waals surface area contributed by atoms with Crippen LogP contribution in [0, 0.1) is 5.41 Å². The lowest BCUT2D eigenvalue weighted by Gasteiger charge is -2.67. The molecule has 2 saturated carbocycles. The van der Waals surface area contributed by atoms with E-state index in [1.807, 2.05) is 37.4 Å². The lowest BCUT2D eigenvalue weighted by Crippen LogP contribution is -2.73. The Balaban J connectivity index is 1.47. The largest absolute Gasteiger partial charge is 0.457 e. The average molecular weight is 429 g/mol. The number of rotatable bonds is 5. The van der Waals surface area contributed by atoms with E-state index in [1.165, 1.54) is 12.1 Å². The first-order valence-electron chi connectivity index (χ1n) is 10.1. The highest BCUT2D eigenvalue weighted by atomic mass is 32.2. The maximum atomic E-state index is 13.7. The maximum Gasteiger partial charge on any atom is 0.265 e. The molecule has 0 radical (unpaired) electrons. The molecule has 1 amide bonds. The molecule has 1 aliphatic heterocycles. The first-order chi connectivity index (χ1) is 14.3. The summed E-state index contributed by atoms with van der Waals surface area (Å²) >= 11 is 0. The second-order valence-electron chi connectivity index (χ2n) is 8.67. The van der Waals surface area contributed by atoms with Crippen LogP contribution in [0.2, 0.25) is 0 Å². The molecular weight excluding hydrogens is 404 g/mol. The number of carbonyl (C=O) groups excluding carboxylic acids is 1. The summed E-state index contributed by atoms with van der Waals surface area (Å²) in [5, 5.41) is 9.41. The molecule has 4 atom stereocenters. The number of piperidine rings is 1. The lowest BCUT2D eigenvalue weighted by molar-refractivity contribution is -0.174. The Labute approximate surface area is 175 Å². The van der Waals surface area contributed by atoms with E-state index < -0.39 is 20.5 Å². The normalized spacial score (nSPS) is 32.3. The molecule has 2 aliphatic carbocycles. The van der Waals surface area contributed by atoms with E-state index in [0.29, 0.717) is 17.5 Å².